The Morgan fingerprint density at radius 2 is 1.08 bits per heavy atom. The fourth-order valence-corrected chi connectivity index (χ4v) is 8.36. The van der Waals surface area contributed by atoms with Crippen molar-refractivity contribution >= 4 is 40.4 Å². The van der Waals surface area contributed by atoms with Gasteiger partial charge in [0.2, 0.25) is 0 Å². The van der Waals surface area contributed by atoms with Gasteiger partial charge in [0.25, 0.3) is 0 Å². The van der Waals surface area contributed by atoms with Gasteiger partial charge in [-0.2, -0.15) is 0 Å². The van der Waals surface area contributed by atoms with Crippen LogP contribution in [0.2, 0.25) is 0 Å². The van der Waals surface area contributed by atoms with E-state index >= 15 is 0 Å². The molecule has 7 aromatic rings. The summed E-state index contributed by atoms with van der Waals surface area (Å²) in [6, 6.07) is 47.9. The van der Waals surface area contributed by atoms with Crippen LogP contribution in [-0.2, 0) is 19.3 Å². The smallest absolute Gasteiger partial charge is 0.116 e. The number of anilines is 3. The topological polar surface area (TPSA) is 29.0 Å². The van der Waals surface area contributed by atoms with Gasteiger partial charge in [-0.15, -0.1) is 0 Å². The van der Waals surface area contributed by atoms with E-state index in [-0.39, 0.29) is 0 Å². The Morgan fingerprint density at radius 3 is 1.63 bits per heavy atom. The van der Waals surface area contributed by atoms with E-state index in [4.69, 9.17) is 0 Å². The highest BCUT2D eigenvalue weighted by molar-refractivity contribution is 5.83. The number of nitrogens with zero attached hydrogens (tertiary/aromatic N) is 3. The molecule has 0 N–H and O–H groups in total. The van der Waals surface area contributed by atoms with Crippen molar-refractivity contribution in [3.05, 3.63) is 280 Å². The number of hydrogen-bond donors (Lipinski definition) is 0. The molecule has 0 bridgehead atoms. The van der Waals surface area contributed by atoms with Gasteiger partial charge in [-0.3, -0.25) is 9.97 Å². The van der Waals surface area contributed by atoms with Crippen molar-refractivity contribution in [2.75, 3.05) is 4.90 Å². The molecular formula is C61H54FN3. The number of hydrogen-bond acceptors (Lipinski definition) is 3. The Morgan fingerprint density at radius 1 is 0.554 bits per heavy atom. The predicted molar refractivity (Wildman–Crippen MR) is 273 cm³/mol. The molecule has 0 saturated heterocycles. The normalized spacial score (nSPS) is 12.7. The molecule has 0 aliphatic heterocycles. The zero-order chi connectivity index (χ0) is 45.0. The summed E-state index contributed by atoms with van der Waals surface area (Å²) in [5, 5.41) is 0. The Kier molecular flexibility index (Phi) is 14.3. The first-order chi connectivity index (χ1) is 31.8. The fraction of sp³-hybridized carbons (Fsp3) is 0.115. The van der Waals surface area contributed by atoms with Gasteiger partial charge < -0.3 is 4.90 Å². The van der Waals surface area contributed by atoms with E-state index in [9.17, 15) is 4.39 Å². The summed E-state index contributed by atoms with van der Waals surface area (Å²) >= 11 is 0. The average Bonchev–Trinajstić information content (AvgIpc) is 3.33. The molecule has 2 aromatic heterocycles. The molecule has 0 radical (unpaired) electrons. The van der Waals surface area contributed by atoms with E-state index in [0.29, 0.717) is 6.42 Å². The fourth-order valence-electron chi connectivity index (χ4n) is 8.36. The van der Waals surface area contributed by atoms with Gasteiger partial charge in [0.1, 0.15) is 5.83 Å². The number of aromatic nitrogens is 2. The van der Waals surface area contributed by atoms with Gasteiger partial charge in [0.15, 0.2) is 0 Å². The molecule has 4 heteroatoms. The molecule has 65 heavy (non-hydrogen) atoms. The van der Waals surface area contributed by atoms with Crippen LogP contribution in [-0.4, -0.2) is 9.97 Å². The van der Waals surface area contributed by atoms with Gasteiger partial charge in [0, 0.05) is 53.0 Å². The van der Waals surface area contributed by atoms with Crippen LogP contribution in [0.3, 0.4) is 0 Å². The van der Waals surface area contributed by atoms with Crippen LogP contribution in [0, 0.1) is 13.8 Å². The van der Waals surface area contributed by atoms with E-state index in [2.05, 4.69) is 206 Å². The van der Waals surface area contributed by atoms with Gasteiger partial charge >= 0.3 is 0 Å². The number of pyridine rings is 2. The minimum Gasteiger partial charge on any atom is -0.310 e. The lowest BCUT2D eigenvalue weighted by molar-refractivity contribution is 0.671. The number of allylic oxidation sites excluding steroid dienone is 8. The molecule has 2 heterocycles. The molecular weight excluding hydrogens is 794 g/mol. The second-order valence-electron chi connectivity index (χ2n) is 16.7. The predicted octanol–water partition coefficient (Wildman–Crippen LogP) is 15.9. The summed E-state index contributed by atoms with van der Waals surface area (Å²) in [5.41, 5.74) is 19.2. The Balaban J connectivity index is 1.05. The molecule has 0 atom stereocenters. The van der Waals surface area contributed by atoms with Crippen molar-refractivity contribution in [3.8, 4) is 0 Å². The van der Waals surface area contributed by atoms with Crippen LogP contribution in [0.5, 0.6) is 0 Å². The molecule has 1 aliphatic rings. The highest BCUT2D eigenvalue weighted by atomic mass is 19.1. The summed E-state index contributed by atoms with van der Waals surface area (Å²) < 4.78 is 13.1. The van der Waals surface area contributed by atoms with Gasteiger partial charge in [-0.1, -0.05) is 146 Å². The Labute approximate surface area is 384 Å². The molecule has 320 valence electrons. The highest BCUT2D eigenvalue weighted by Crippen LogP contribution is 2.37. The van der Waals surface area contributed by atoms with Crippen molar-refractivity contribution in [1.29, 1.82) is 0 Å². The molecule has 5 aromatic carbocycles. The van der Waals surface area contributed by atoms with Crippen LogP contribution < -0.4 is 4.90 Å². The van der Waals surface area contributed by atoms with E-state index in [1.165, 1.54) is 30.0 Å². The summed E-state index contributed by atoms with van der Waals surface area (Å²) in [4.78, 5) is 11.3. The van der Waals surface area contributed by atoms with Crippen molar-refractivity contribution in [1.82, 2.24) is 9.97 Å². The maximum atomic E-state index is 13.1. The van der Waals surface area contributed by atoms with Crippen molar-refractivity contribution in [2.24, 2.45) is 0 Å². The molecule has 8 rings (SSSR count). The molecule has 0 fully saturated rings. The molecule has 0 unspecified atom stereocenters. The SMILES string of the molecule is C=C(F)/C=C\C(=C)Cc1ccc(/C(=C/C=C/c2ccc(N(c3ccc(/C=C/C=C(c4cncc(C)c4)c4cncc(C)c4)cc3)c3ccc4c(c3)CCCC4)cc2)c2ccccc2)cc1. The first-order valence-corrected chi connectivity index (χ1v) is 22.3. The maximum absolute atomic E-state index is 13.1. The number of fused-ring (bicyclic) bond motifs is 1. The van der Waals surface area contributed by atoms with Crippen molar-refractivity contribution in [3.63, 3.8) is 0 Å². The number of aryl methyl sites for hydroxylation is 4. The lowest BCUT2D eigenvalue weighted by Gasteiger charge is -2.27. The third-order valence-electron chi connectivity index (χ3n) is 11.6. The van der Waals surface area contributed by atoms with Gasteiger partial charge in [-0.25, -0.2) is 4.39 Å². The lowest BCUT2D eigenvalue weighted by atomic mass is 9.91. The highest BCUT2D eigenvalue weighted by Gasteiger charge is 2.17. The molecule has 1 aliphatic carbocycles. The Bertz CT molecular complexity index is 2880. The van der Waals surface area contributed by atoms with Crippen LogP contribution in [0.1, 0.15) is 74.0 Å². The van der Waals surface area contributed by atoms with Gasteiger partial charge in [-0.05, 0) is 162 Å². The van der Waals surface area contributed by atoms with E-state index < -0.39 is 5.83 Å². The lowest BCUT2D eigenvalue weighted by Crippen LogP contribution is -2.12. The third-order valence-corrected chi connectivity index (χ3v) is 11.6. The van der Waals surface area contributed by atoms with E-state index in [1.807, 2.05) is 30.9 Å². The monoisotopic (exact) mass is 847 g/mol. The summed E-state index contributed by atoms with van der Waals surface area (Å²) in [6.07, 6.45) is 28.9. The summed E-state index contributed by atoms with van der Waals surface area (Å²) in [6.45, 7) is 11.5. The summed E-state index contributed by atoms with van der Waals surface area (Å²) in [5.74, 6) is -0.477. The zero-order valence-electron chi connectivity index (χ0n) is 37.3. The molecule has 3 nitrogen and oxygen atoms in total. The second-order valence-corrected chi connectivity index (χ2v) is 16.7. The van der Waals surface area contributed by atoms with E-state index in [0.717, 1.165) is 96.7 Å². The largest absolute Gasteiger partial charge is 0.310 e. The summed E-state index contributed by atoms with van der Waals surface area (Å²) in [7, 11) is 0. The van der Waals surface area contributed by atoms with Crippen LogP contribution in [0.15, 0.2) is 219 Å². The standard InChI is InChI=1S/C61H54FN3/c1-44(20-21-47(4)62)36-50-22-28-53(29-23-50)60(52-15-6-5-7-16-52)18-10-12-48-24-31-57(32-25-48)65(59-35-30-51-14-8-9-17-54(51)39-59)58-33-26-49(27-34-58)13-11-19-61(55-37-45(2)40-63-42-55)56-38-46(3)41-64-43-56/h5-7,10-13,15-16,18-35,37-43H,1,4,8-9,14,17,36H2,2-3H3/b12-10+,13-11+,21-20-,60-18+. The van der Waals surface area contributed by atoms with E-state index in [1.54, 1.807) is 6.08 Å². The molecule has 0 amide bonds. The number of rotatable bonds is 15. The quantitative estimate of drug-likeness (QED) is 0.0963. The third kappa shape index (κ3) is 11.7. The minimum absolute atomic E-state index is 0.477. The zero-order valence-corrected chi connectivity index (χ0v) is 37.3. The first-order valence-electron chi connectivity index (χ1n) is 22.3. The van der Waals surface area contributed by atoms with Crippen LogP contribution in [0.25, 0.3) is 23.3 Å². The maximum Gasteiger partial charge on any atom is 0.116 e. The second kappa shape index (κ2) is 21.1. The number of halogens is 1. The number of benzene rings is 5. The Hall–Kier alpha value is -7.69. The first kappa shape index (κ1) is 43.9. The molecule has 0 saturated carbocycles. The molecule has 0 spiro atoms. The van der Waals surface area contributed by atoms with Crippen LogP contribution >= 0.6 is 0 Å². The van der Waals surface area contributed by atoms with Crippen molar-refractivity contribution in [2.45, 2.75) is 46.0 Å². The van der Waals surface area contributed by atoms with Crippen molar-refractivity contribution < 1.29 is 4.39 Å². The minimum atomic E-state index is -0.477. The van der Waals surface area contributed by atoms with Gasteiger partial charge in [0.05, 0.1) is 0 Å². The average molecular weight is 848 g/mol. The van der Waals surface area contributed by atoms with Crippen LogP contribution in [0.4, 0.5) is 21.5 Å².